The highest BCUT2D eigenvalue weighted by Crippen LogP contribution is 2.24. The highest BCUT2D eigenvalue weighted by atomic mass is 16.5. The Bertz CT molecular complexity index is 748. The van der Waals surface area contributed by atoms with Crippen LogP contribution in [0.1, 0.15) is 91.9 Å². The quantitative estimate of drug-likeness (QED) is 0.311. The Morgan fingerprint density at radius 1 is 0.914 bits per heavy atom. The lowest BCUT2D eigenvalue weighted by Crippen LogP contribution is -2.44. The van der Waals surface area contributed by atoms with E-state index in [1.54, 1.807) is 18.7 Å². The zero-order chi connectivity index (χ0) is 26.4. The van der Waals surface area contributed by atoms with Gasteiger partial charge in [-0.25, -0.2) is 0 Å². The third-order valence-corrected chi connectivity index (χ3v) is 6.11. The van der Waals surface area contributed by atoms with E-state index in [4.69, 9.17) is 4.74 Å². The van der Waals surface area contributed by atoms with Crippen LogP contribution in [0.15, 0.2) is 0 Å². The molecule has 1 saturated heterocycles. The van der Waals surface area contributed by atoms with Gasteiger partial charge in [-0.2, -0.15) is 0 Å². The summed E-state index contributed by atoms with van der Waals surface area (Å²) in [6.45, 7) is 7.37. The number of likely N-dealkylation sites (tertiary alicyclic amines) is 1. The minimum Gasteiger partial charge on any atom is -0.460 e. The maximum absolute atomic E-state index is 12.8. The Hall–Kier alpha value is -2.78. The number of amides is 3. The number of carbonyl (C=O) groups is 6. The largest absolute Gasteiger partial charge is 0.460 e. The van der Waals surface area contributed by atoms with Gasteiger partial charge in [0, 0.05) is 63.6 Å². The fourth-order valence-electron chi connectivity index (χ4n) is 3.94. The van der Waals surface area contributed by atoms with Crippen molar-refractivity contribution in [2.45, 2.75) is 110 Å². The lowest BCUT2D eigenvalue weighted by Gasteiger charge is -2.23. The molecule has 0 bridgehead atoms. The molecule has 2 N–H and O–H groups in total. The van der Waals surface area contributed by atoms with Gasteiger partial charge in [0.05, 0.1) is 13.0 Å². The molecule has 3 amide bonds. The van der Waals surface area contributed by atoms with E-state index in [0.29, 0.717) is 38.5 Å². The smallest absolute Gasteiger partial charge is 0.306 e. The number of carbonyl (C=O) groups excluding carboxylic acids is 6. The van der Waals surface area contributed by atoms with E-state index in [1.165, 1.54) is 6.92 Å². The van der Waals surface area contributed by atoms with Gasteiger partial charge in [-0.1, -0.05) is 20.8 Å². The molecule has 0 radical (unpaired) electrons. The fraction of sp³-hybridized carbons (Fsp3) is 0.760. The van der Waals surface area contributed by atoms with Gasteiger partial charge in [0.2, 0.25) is 17.7 Å². The molecule has 1 rings (SSSR count). The summed E-state index contributed by atoms with van der Waals surface area (Å²) >= 11 is 0. The number of rotatable bonds is 16. The second-order valence-corrected chi connectivity index (χ2v) is 9.01. The Labute approximate surface area is 207 Å². The molecule has 1 aliphatic rings. The van der Waals surface area contributed by atoms with E-state index >= 15 is 0 Å². The van der Waals surface area contributed by atoms with E-state index in [0.717, 1.165) is 0 Å². The van der Waals surface area contributed by atoms with Gasteiger partial charge >= 0.3 is 5.97 Å². The van der Waals surface area contributed by atoms with Crippen LogP contribution in [-0.2, 0) is 33.5 Å². The number of nitrogens with one attached hydrogen (secondary N) is 2. The monoisotopic (exact) mass is 495 g/mol. The maximum atomic E-state index is 12.8. The number of hydrogen-bond acceptors (Lipinski definition) is 7. The number of hydrogen-bond donors (Lipinski definition) is 2. The summed E-state index contributed by atoms with van der Waals surface area (Å²) in [6.07, 6.45) is 2.43. The molecule has 0 aromatic carbocycles. The fourth-order valence-corrected chi connectivity index (χ4v) is 3.94. The van der Waals surface area contributed by atoms with Crippen molar-refractivity contribution in [2.75, 3.05) is 13.1 Å². The molecule has 1 heterocycles. The van der Waals surface area contributed by atoms with Gasteiger partial charge in [0.25, 0.3) is 0 Å². The maximum Gasteiger partial charge on any atom is 0.306 e. The van der Waals surface area contributed by atoms with Crippen molar-refractivity contribution in [1.29, 1.82) is 0 Å². The van der Waals surface area contributed by atoms with Crippen molar-refractivity contribution in [3.8, 4) is 0 Å². The summed E-state index contributed by atoms with van der Waals surface area (Å²) in [7, 11) is 0. The third kappa shape index (κ3) is 12.0. The molecule has 1 fully saturated rings. The summed E-state index contributed by atoms with van der Waals surface area (Å²) in [4.78, 5) is 73.3. The highest BCUT2D eigenvalue weighted by molar-refractivity contribution is 5.85. The van der Waals surface area contributed by atoms with Crippen LogP contribution in [0.5, 0.6) is 0 Å². The van der Waals surface area contributed by atoms with Gasteiger partial charge < -0.3 is 25.1 Å². The SMILES string of the molecule is CCC(=O)CCC(CNC(=O)CC)NC(=O)CCC(=O)N1C[C@H](OC(=O)CCC(C)=O)C[C@H]1CC. The summed E-state index contributed by atoms with van der Waals surface area (Å²) in [5, 5.41) is 5.57. The molecule has 0 aliphatic carbocycles. The molecule has 0 aromatic heterocycles. The summed E-state index contributed by atoms with van der Waals surface area (Å²) in [5.74, 6) is -1.10. The summed E-state index contributed by atoms with van der Waals surface area (Å²) in [6, 6.07) is -0.467. The Morgan fingerprint density at radius 2 is 1.63 bits per heavy atom. The summed E-state index contributed by atoms with van der Waals surface area (Å²) < 4.78 is 5.44. The zero-order valence-corrected chi connectivity index (χ0v) is 21.5. The first kappa shape index (κ1) is 30.3. The molecule has 0 spiro atoms. The van der Waals surface area contributed by atoms with Crippen molar-refractivity contribution >= 4 is 35.3 Å². The second-order valence-electron chi connectivity index (χ2n) is 9.01. The van der Waals surface area contributed by atoms with Crippen LogP contribution in [-0.4, -0.2) is 71.4 Å². The van der Waals surface area contributed by atoms with Crippen molar-refractivity contribution < 1.29 is 33.5 Å². The molecular weight excluding hydrogens is 454 g/mol. The topological polar surface area (TPSA) is 139 Å². The van der Waals surface area contributed by atoms with E-state index in [1.807, 2.05) is 6.92 Å². The Balaban J connectivity index is 2.57. The van der Waals surface area contributed by atoms with E-state index in [9.17, 15) is 28.8 Å². The van der Waals surface area contributed by atoms with Gasteiger partial charge in [0.15, 0.2) is 0 Å². The Morgan fingerprint density at radius 3 is 2.23 bits per heavy atom. The van der Waals surface area contributed by atoms with Crippen LogP contribution >= 0.6 is 0 Å². The number of nitrogens with zero attached hydrogens (tertiary/aromatic N) is 1. The van der Waals surface area contributed by atoms with Crippen LogP contribution in [0.3, 0.4) is 0 Å². The van der Waals surface area contributed by atoms with Gasteiger partial charge in [-0.05, 0) is 19.8 Å². The predicted octanol–water partition coefficient (Wildman–Crippen LogP) is 1.83. The molecule has 1 aliphatic heterocycles. The van der Waals surface area contributed by atoms with Crippen molar-refractivity contribution in [3.05, 3.63) is 0 Å². The lowest BCUT2D eigenvalue weighted by molar-refractivity contribution is -0.150. The zero-order valence-electron chi connectivity index (χ0n) is 21.5. The van der Waals surface area contributed by atoms with Gasteiger partial charge in [-0.15, -0.1) is 0 Å². The third-order valence-electron chi connectivity index (χ3n) is 6.11. The normalized spacial score (nSPS) is 18.0. The first-order valence-electron chi connectivity index (χ1n) is 12.7. The van der Waals surface area contributed by atoms with Gasteiger partial charge in [-0.3, -0.25) is 24.0 Å². The van der Waals surface area contributed by atoms with Crippen LogP contribution in [0.4, 0.5) is 0 Å². The van der Waals surface area contributed by atoms with Crippen LogP contribution in [0.2, 0.25) is 0 Å². The first-order valence-corrected chi connectivity index (χ1v) is 12.7. The number of Topliss-reactive ketones (excluding diaryl/α,β-unsaturated/α-hetero) is 2. The molecule has 1 unspecified atom stereocenters. The molecule has 0 saturated carbocycles. The molecule has 10 nitrogen and oxygen atoms in total. The van der Waals surface area contributed by atoms with Crippen LogP contribution < -0.4 is 10.6 Å². The minimum atomic E-state index is -0.448. The number of esters is 1. The number of ether oxygens (including phenoxy) is 1. The predicted molar refractivity (Wildman–Crippen MR) is 129 cm³/mol. The molecule has 35 heavy (non-hydrogen) atoms. The molecular formula is C25H41N3O7. The van der Waals surface area contributed by atoms with Crippen molar-refractivity contribution in [3.63, 3.8) is 0 Å². The minimum absolute atomic E-state index is 0.00919. The van der Waals surface area contributed by atoms with Crippen molar-refractivity contribution in [2.24, 2.45) is 0 Å². The average molecular weight is 496 g/mol. The molecule has 3 atom stereocenters. The highest BCUT2D eigenvalue weighted by Gasteiger charge is 2.36. The Kier molecular flexibility index (Phi) is 13.8. The molecule has 198 valence electrons. The molecule has 0 aromatic rings. The van der Waals surface area contributed by atoms with Crippen LogP contribution in [0, 0.1) is 0 Å². The van der Waals surface area contributed by atoms with Crippen LogP contribution in [0.25, 0.3) is 0 Å². The average Bonchev–Trinajstić information content (AvgIpc) is 3.24. The summed E-state index contributed by atoms with van der Waals surface area (Å²) in [5.41, 5.74) is 0. The standard InChI is InChI=1S/C25H41N3O7/c1-5-19-14-21(35-25(34)13-8-17(4)29)16-28(19)24(33)12-11-23(32)27-18(9-10-20(30)6-2)15-26-22(31)7-3/h18-19,21H,5-16H2,1-4H3,(H,26,31)(H,27,32)/t18?,19-,21-/m1/s1. The van der Waals surface area contributed by atoms with E-state index in [-0.39, 0.29) is 74.1 Å². The van der Waals surface area contributed by atoms with Gasteiger partial charge in [0.1, 0.15) is 17.7 Å². The number of ketones is 2. The van der Waals surface area contributed by atoms with Crippen molar-refractivity contribution in [1.82, 2.24) is 15.5 Å². The first-order chi connectivity index (χ1) is 16.6. The molecule has 10 heteroatoms. The van der Waals surface area contributed by atoms with E-state index in [2.05, 4.69) is 10.6 Å². The second kappa shape index (κ2) is 16.0. The van der Waals surface area contributed by atoms with E-state index < -0.39 is 18.1 Å². The lowest BCUT2D eigenvalue weighted by atomic mass is 10.1.